The van der Waals surface area contributed by atoms with Crippen LogP contribution >= 0.6 is 0 Å². The summed E-state index contributed by atoms with van der Waals surface area (Å²) in [4.78, 5) is 28.7. The number of fused-ring (bicyclic) bond motifs is 1. The number of amides is 3. The third-order valence-corrected chi connectivity index (χ3v) is 11.9. The molecule has 1 aromatic carbocycles. The van der Waals surface area contributed by atoms with Gasteiger partial charge in [0.15, 0.2) is 5.82 Å². The molecule has 0 radical (unpaired) electrons. The molecule has 3 amide bonds. The minimum atomic E-state index is -1.76. The molecule has 0 saturated heterocycles. The molecule has 4 N–H and O–H groups in total. The number of carbonyl (C=O) groups excluding carboxylic acids is 2. The van der Waals surface area contributed by atoms with Crippen LogP contribution in [0.4, 0.5) is 15.0 Å². The highest BCUT2D eigenvalue weighted by Gasteiger charge is 2.54. The number of carbonyl (C=O) groups is 2. The predicted octanol–water partition coefficient (Wildman–Crippen LogP) is 5.41. The number of nitrogens with one attached hydrogen (secondary N) is 3. The summed E-state index contributed by atoms with van der Waals surface area (Å²) in [6.45, 7) is 14.0. The molecule has 37 heavy (non-hydrogen) atoms. The van der Waals surface area contributed by atoms with E-state index in [-0.39, 0.29) is 29.9 Å². The quantitative estimate of drug-likeness (QED) is 0.359. The van der Waals surface area contributed by atoms with E-state index in [0.717, 1.165) is 30.5 Å². The van der Waals surface area contributed by atoms with Crippen molar-refractivity contribution in [1.29, 1.82) is 0 Å². The van der Waals surface area contributed by atoms with Gasteiger partial charge in [0.05, 0.1) is 37.5 Å². The van der Waals surface area contributed by atoms with E-state index in [1.807, 2.05) is 13.8 Å². The molecule has 1 fully saturated rings. The van der Waals surface area contributed by atoms with Gasteiger partial charge in [-0.2, -0.15) is 5.10 Å². The van der Waals surface area contributed by atoms with Gasteiger partial charge in [-0.3, -0.25) is 9.89 Å². The van der Waals surface area contributed by atoms with Crippen LogP contribution in [0.15, 0.2) is 24.3 Å². The standard InChI is InChI=1S/C27H40FN5O3Si/c1-25(2,36)15-20(17-11-8-9-12-19(17)28)29-24(35)33-16-18-21(26(33,3)4)31-32-22(18)30-23(34)27(13-10-14-27)37(5,6)7/h8-9,11-12,20,36H,10,13-16H2,1-7H3,(H,29,35)(H2,30,31,32,34)/t20-/m1/s1. The van der Waals surface area contributed by atoms with Crippen molar-refractivity contribution in [3.05, 3.63) is 46.9 Å². The van der Waals surface area contributed by atoms with Crippen molar-refractivity contribution in [1.82, 2.24) is 20.4 Å². The number of aromatic amines is 1. The SMILES string of the molecule is CC(C)(O)C[C@@H](NC(=O)N1Cc2c(NC(=O)C3([Si](C)(C)C)CCC3)n[nH]c2C1(C)C)c1ccccc1F. The van der Waals surface area contributed by atoms with E-state index < -0.39 is 31.1 Å². The molecule has 2 aliphatic rings. The highest BCUT2D eigenvalue weighted by atomic mass is 28.3. The highest BCUT2D eigenvalue weighted by molar-refractivity contribution is 6.83. The maximum absolute atomic E-state index is 14.7. The molecule has 1 aliphatic carbocycles. The molecule has 8 nitrogen and oxygen atoms in total. The van der Waals surface area contributed by atoms with E-state index in [2.05, 4.69) is 40.5 Å². The topological polar surface area (TPSA) is 110 Å². The van der Waals surface area contributed by atoms with Crippen LogP contribution in [-0.4, -0.2) is 45.8 Å². The Bertz CT molecular complexity index is 1190. The number of benzene rings is 1. The minimum Gasteiger partial charge on any atom is -0.390 e. The second-order valence-electron chi connectivity index (χ2n) is 12.8. The second-order valence-corrected chi connectivity index (χ2v) is 18.2. The van der Waals surface area contributed by atoms with Crippen molar-refractivity contribution in [3.8, 4) is 0 Å². The van der Waals surface area contributed by atoms with Crippen LogP contribution in [0.5, 0.6) is 0 Å². The van der Waals surface area contributed by atoms with Crippen LogP contribution in [-0.2, 0) is 16.9 Å². The Labute approximate surface area is 219 Å². The number of anilines is 1. The molecule has 0 bridgehead atoms. The molecule has 0 unspecified atom stereocenters. The van der Waals surface area contributed by atoms with E-state index in [1.54, 1.807) is 36.9 Å². The molecule has 4 rings (SSSR count). The number of hydrogen-bond acceptors (Lipinski definition) is 4. The highest BCUT2D eigenvalue weighted by Crippen LogP contribution is 2.56. The Kier molecular flexibility index (Phi) is 6.82. The molecule has 1 saturated carbocycles. The van der Waals surface area contributed by atoms with Crippen molar-refractivity contribution in [2.24, 2.45) is 0 Å². The molecule has 2 heterocycles. The summed E-state index contributed by atoms with van der Waals surface area (Å²) in [5.74, 6) is 0.0530. The third kappa shape index (κ3) is 4.93. The average molecular weight is 530 g/mol. The van der Waals surface area contributed by atoms with Gasteiger partial charge in [0.1, 0.15) is 5.82 Å². The van der Waals surface area contributed by atoms with Gasteiger partial charge < -0.3 is 20.6 Å². The zero-order valence-electron chi connectivity index (χ0n) is 23.0. The first-order valence-electron chi connectivity index (χ1n) is 13.0. The Hall–Kier alpha value is -2.72. The Morgan fingerprint density at radius 3 is 2.43 bits per heavy atom. The number of rotatable bonds is 7. The van der Waals surface area contributed by atoms with Gasteiger partial charge in [-0.25, -0.2) is 9.18 Å². The first-order chi connectivity index (χ1) is 17.1. The lowest BCUT2D eigenvalue weighted by Crippen LogP contribution is -2.52. The predicted molar refractivity (Wildman–Crippen MR) is 144 cm³/mol. The fourth-order valence-corrected chi connectivity index (χ4v) is 8.34. The monoisotopic (exact) mass is 529 g/mol. The fourth-order valence-electron chi connectivity index (χ4n) is 5.74. The molecule has 2 aromatic rings. The van der Waals surface area contributed by atoms with E-state index in [9.17, 15) is 19.1 Å². The Balaban J connectivity index is 1.56. The number of urea groups is 1. The number of nitrogens with zero attached hydrogens (tertiary/aromatic N) is 2. The fraction of sp³-hybridized carbons (Fsp3) is 0.593. The van der Waals surface area contributed by atoms with Crippen molar-refractivity contribution in [3.63, 3.8) is 0 Å². The summed E-state index contributed by atoms with van der Waals surface area (Å²) >= 11 is 0. The van der Waals surface area contributed by atoms with Crippen LogP contribution in [0, 0.1) is 5.82 Å². The van der Waals surface area contributed by atoms with Gasteiger partial charge in [-0.15, -0.1) is 0 Å². The zero-order chi connectivity index (χ0) is 27.4. The molecule has 10 heteroatoms. The lowest BCUT2D eigenvalue weighted by atomic mass is 9.83. The summed E-state index contributed by atoms with van der Waals surface area (Å²) in [5, 5.41) is 23.7. The van der Waals surface area contributed by atoms with Gasteiger partial charge >= 0.3 is 6.03 Å². The van der Waals surface area contributed by atoms with E-state index in [4.69, 9.17) is 0 Å². The molecular weight excluding hydrogens is 489 g/mol. The van der Waals surface area contributed by atoms with Gasteiger partial charge in [0, 0.05) is 22.6 Å². The molecule has 202 valence electrons. The first-order valence-corrected chi connectivity index (χ1v) is 16.5. The number of hydrogen-bond donors (Lipinski definition) is 4. The summed E-state index contributed by atoms with van der Waals surface area (Å²) in [5.41, 5.74) is -0.000742. The Morgan fingerprint density at radius 2 is 1.89 bits per heavy atom. The third-order valence-electron chi connectivity index (χ3n) is 8.31. The number of aliphatic hydroxyl groups is 1. The van der Waals surface area contributed by atoms with Gasteiger partial charge in [-0.05, 0) is 46.6 Å². The van der Waals surface area contributed by atoms with Crippen LogP contribution in [0.1, 0.15) is 76.2 Å². The van der Waals surface area contributed by atoms with Crippen LogP contribution in [0.2, 0.25) is 24.7 Å². The van der Waals surface area contributed by atoms with Crippen LogP contribution < -0.4 is 10.6 Å². The summed E-state index contributed by atoms with van der Waals surface area (Å²) in [6.07, 6.45) is 3.01. The lowest BCUT2D eigenvalue weighted by molar-refractivity contribution is -0.121. The zero-order valence-corrected chi connectivity index (χ0v) is 24.0. The van der Waals surface area contributed by atoms with Crippen molar-refractivity contribution in [2.75, 3.05) is 5.32 Å². The number of halogens is 1. The molecule has 0 spiro atoms. The lowest BCUT2D eigenvalue weighted by Gasteiger charge is -2.48. The molecule has 1 aliphatic heterocycles. The van der Waals surface area contributed by atoms with Crippen molar-refractivity contribution < 1.29 is 19.1 Å². The van der Waals surface area contributed by atoms with Gasteiger partial charge in [-0.1, -0.05) is 44.3 Å². The van der Waals surface area contributed by atoms with Crippen molar-refractivity contribution in [2.45, 2.75) is 102 Å². The summed E-state index contributed by atoms with van der Waals surface area (Å²) in [6, 6.07) is 5.16. The Morgan fingerprint density at radius 1 is 1.24 bits per heavy atom. The van der Waals surface area contributed by atoms with E-state index in [1.165, 1.54) is 6.07 Å². The van der Waals surface area contributed by atoms with Crippen molar-refractivity contribution >= 4 is 25.8 Å². The van der Waals surface area contributed by atoms with Gasteiger partial charge in [0.25, 0.3) is 0 Å². The largest absolute Gasteiger partial charge is 0.390 e. The maximum Gasteiger partial charge on any atom is 0.318 e. The minimum absolute atomic E-state index is 0.0257. The number of H-pyrrole nitrogens is 1. The molecular formula is C27H40FN5O3Si. The van der Waals surface area contributed by atoms with Crippen LogP contribution in [0.25, 0.3) is 0 Å². The van der Waals surface area contributed by atoms with E-state index >= 15 is 0 Å². The second kappa shape index (κ2) is 9.23. The van der Waals surface area contributed by atoms with Crippen LogP contribution in [0.3, 0.4) is 0 Å². The summed E-state index contributed by atoms with van der Waals surface area (Å²) < 4.78 is 14.7. The number of aromatic nitrogens is 2. The first kappa shape index (κ1) is 27.3. The van der Waals surface area contributed by atoms with Gasteiger partial charge in [0.2, 0.25) is 5.91 Å². The van der Waals surface area contributed by atoms with E-state index in [0.29, 0.717) is 11.4 Å². The maximum atomic E-state index is 14.7. The smallest absolute Gasteiger partial charge is 0.318 e. The average Bonchev–Trinajstić information content (AvgIpc) is 3.23. The summed E-state index contributed by atoms with van der Waals surface area (Å²) in [7, 11) is -1.76. The molecule has 1 aromatic heterocycles. The normalized spacial score (nSPS) is 19.1. The molecule has 1 atom stereocenters.